The predicted octanol–water partition coefficient (Wildman–Crippen LogP) is -0.491. The Kier molecular flexibility index (Phi) is 1.73. The van der Waals surface area contributed by atoms with Crippen molar-refractivity contribution in [3.63, 3.8) is 0 Å². The Bertz CT molecular complexity index is 652. The summed E-state index contributed by atoms with van der Waals surface area (Å²) in [6, 6.07) is 5.55. The van der Waals surface area contributed by atoms with Crippen LogP contribution in [0.2, 0.25) is 0 Å². The number of hydrogen-bond donors (Lipinski definition) is 2. The highest BCUT2D eigenvalue weighted by Crippen LogP contribution is 2.39. The second-order valence-electron chi connectivity index (χ2n) is 4.07. The first-order valence-electron chi connectivity index (χ1n) is 4.92. The lowest BCUT2D eigenvalue weighted by molar-refractivity contribution is -0.123. The van der Waals surface area contributed by atoms with Crippen LogP contribution in [0.15, 0.2) is 29.2 Å². The van der Waals surface area contributed by atoms with Crippen LogP contribution < -0.4 is 10.6 Å². The lowest BCUT2D eigenvalue weighted by Crippen LogP contribution is -2.45. The van der Waals surface area contributed by atoms with E-state index in [4.69, 9.17) is 0 Å². The number of imide groups is 1. The molecule has 0 bridgehead atoms. The van der Waals surface area contributed by atoms with Crippen LogP contribution in [0.5, 0.6) is 0 Å². The van der Waals surface area contributed by atoms with Crippen LogP contribution in [0, 0.1) is 0 Å². The van der Waals surface area contributed by atoms with Crippen molar-refractivity contribution in [2.45, 2.75) is 10.4 Å². The molecule has 0 unspecified atom stereocenters. The van der Waals surface area contributed by atoms with Gasteiger partial charge in [0.25, 0.3) is 5.91 Å². The van der Waals surface area contributed by atoms with E-state index in [1.807, 2.05) is 0 Å². The molecule has 1 fully saturated rings. The molecular formula is C10H8N2O4S. The minimum Gasteiger partial charge on any atom is -0.318 e. The molecule has 1 spiro atoms. The fourth-order valence-corrected chi connectivity index (χ4v) is 4.26. The van der Waals surface area contributed by atoms with Gasteiger partial charge in [0.15, 0.2) is 15.4 Å². The predicted molar refractivity (Wildman–Crippen MR) is 56.8 cm³/mol. The topological polar surface area (TPSA) is 92.3 Å². The Morgan fingerprint density at radius 1 is 1.18 bits per heavy atom. The summed E-state index contributed by atoms with van der Waals surface area (Å²) in [4.78, 5) is 23.1. The number of carbonyl (C=O) groups is 2. The van der Waals surface area contributed by atoms with Gasteiger partial charge in [-0.2, -0.15) is 0 Å². The molecule has 88 valence electrons. The second-order valence-corrected chi connectivity index (χ2v) is 6.03. The molecule has 2 N–H and O–H groups in total. The highest BCUT2D eigenvalue weighted by molar-refractivity contribution is 7.91. The molecule has 3 amide bonds. The highest BCUT2D eigenvalue weighted by Gasteiger charge is 2.57. The van der Waals surface area contributed by atoms with E-state index in [-0.39, 0.29) is 4.90 Å². The van der Waals surface area contributed by atoms with Crippen LogP contribution in [0.25, 0.3) is 0 Å². The van der Waals surface area contributed by atoms with Gasteiger partial charge in [-0.05, 0) is 6.07 Å². The Hall–Kier alpha value is -1.89. The maximum absolute atomic E-state index is 11.9. The third kappa shape index (κ3) is 1.17. The molecule has 7 heteroatoms. The monoisotopic (exact) mass is 252 g/mol. The summed E-state index contributed by atoms with van der Waals surface area (Å²) in [6.07, 6.45) is 0. The molecule has 1 aromatic carbocycles. The number of rotatable bonds is 0. The van der Waals surface area contributed by atoms with E-state index in [1.54, 1.807) is 18.2 Å². The van der Waals surface area contributed by atoms with Crippen molar-refractivity contribution in [2.75, 3.05) is 5.75 Å². The largest absolute Gasteiger partial charge is 0.322 e. The number of sulfone groups is 1. The van der Waals surface area contributed by atoms with Gasteiger partial charge >= 0.3 is 6.03 Å². The SMILES string of the molecule is O=C1NC(=O)[C@@]2(CS(=O)(=O)c3ccccc32)N1. The molecule has 1 saturated heterocycles. The first-order valence-corrected chi connectivity index (χ1v) is 6.57. The van der Waals surface area contributed by atoms with E-state index >= 15 is 0 Å². The summed E-state index contributed by atoms with van der Waals surface area (Å²) in [5.41, 5.74) is -1.12. The van der Waals surface area contributed by atoms with Gasteiger partial charge in [-0.15, -0.1) is 0 Å². The maximum atomic E-state index is 11.9. The average Bonchev–Trinajstić information content (AvgIpc) is 2.65. The van der Waals surface area contributed by atoms with Crippen molar-refractivity contribution >= 4 is 21.8 Å². The maximum Gasteiger partial charge on any atom is 0.322 e. The molecule has 0 aromatic heterocycles. The van der Waals surface area contributed by atoms with E-state index in [0.29, 0.717) is 5.56 Å². The summed E-state index contributed by atoms with van der Waals surface area (Å²) < 4.78 is 23.9. The molecule has 17 heavy (non-hydrogen) atoms. The lowest BCUT2D eigenvalue weighted by Gasteiger charge is -2.18. The smallest absolute Gasteiger partial charge is 0.318 e. The van der Waals surface area contributed by atoms with Crippen LogP contribution >= 0.6 is 0 Å². The molecule has 0 aliphatic carbocycles. The molecule has 2 aliphatic heterocycles. The van der Waals surface area contributed by atoms with E-state index in [1.165, 1.54) is 6.07 Å². The van der Waals surface area contributed by atoms with E-state index in [0.717, 1.165) is 0 Å². The summed E-state index contributed by atoms with van der Waals surface area (Å²) in [6.45, 7) is 0. The summed E-state index contributed by atoms with van der Waals surface area (Å²) in [7, 11) is -3.53. The van der Waals surface area contributed by atoms with Crippen LogP contribution in [0.1, 0.15) is 5.56 Å². The molecule has 6 nitrogen and oxygen atoms in total. The Balaban J connectivity index is 2.31. The van der Waals surface area contributed by atoms with Crippen molar-refractivity contribution < 1.29 is 18.0 Å². The van der Waals surface area contributed by atoms with Crippen LogP contribution in [0.4, 0.5) is 4.79 Å². The van der Waals surface area contributed by atoms with Crippen molar-refractivity contribution in [3.8, 4) is 0 Å². The average molecular weight is 252 g/mol. The first kappa shape index (κ1) is 10.3. The van der Waals surface area contributed by atoms with Crippen molar-refractivity contribution in [2.24, 2.45) is 0 Å². The molecule has 0 radical (unpaired) electrons. The van der Waals surface area contributed by atoms with Crippen LogP contribution in [-0.2, 0) is 20.2 Å². The third-order valence-electron chi connectivity index (χ3n) is 3.03. The zero-order valence-corrected chi connectivity index (χ0v) is 9.37. The zero-order chi connectivity index (χ0) is 12.3. The van der Waals surface area contributed by atoms with Crippen molar-refractivity contribution in [1.82, 2.24) is 10.6 Å². The minimum atomic E-state index is -3.53. The van der Waals surface area contributed by atoms with Crippen molar-refractivity contribution in [3.05, 3.63) is 29.8 Å². The number of carbonyl (C=O) groups excluding carboxylic acids is 2. The van der Waals surface area contributed by atoms with Gasteiger partial charge in [0.1, 0.15) is 0 Å². The minimum absolute atomic E-state index is 0.109. The van der Waals surface area contributed by atoms with Gasteiger partial charge in [0.2, 0.25) is 0 Å². The number of fused-ring (bicyclic) bond motifs is 2. The molecule has 3 rings (SSSR count). The number of amides is 3. The van der Waals surface area contributed by atoms with Gasteiger partial charge in [-0.3, -0.25) is 10.1 Å². The molecule has 0 saturated carbocycles. The molecule has 2 aliphatic rings. The van der Waals surface area contributed by atoms with Crippen molar-refractivity contribution in [1.29, 1.82) is 0 Å². The number of urea groups is 1. The van der Waals surface area contributed by atoms with Crippen LogP contribution in [0.3, 0.4) is 0 Å². The molecular weight excluding hydrogens is 244 g/mol. The normalized spacial score (nSPS) is 28.9. The van der Waals surface area contributed by atoms with E-state index in [2.05, 4.69) is 10.6 Å². The quantitative estimate of drug-likeness (QED) is 0.609. The van der Waals surface area contributed by atoms with Gasteiger partial charge in [0.05, 0.1) is 10.6 Å². The molecule has 2 heterocycles. The fourth-order valence-electron chi connectivity index (χ4n) is 2.31. The standard InChI is InChI=1S/C10H8N2O4S/c13-8-10(12-9(14)11-8)5-17(15,16)7-4-2-1-3-6(7)10/h1-4H,5H2,(H2,11,12,13,14)/t10-/m0/s1. The van der Waals surface area contributed by atoms with Gasteiger partial charge < -0.3 is 5.32 Å². The Morgan fingerprint density at radius 2 is 1.88 bits per heavy atom. The van der Waals surface area contributed by atoms with Gasteiger partial charge in [0, 0.05) is 5.56 Å². The number of nitrogens with one attached hydrogen (secondary N) is 2. The number of benzene rings is 1. The lowest BCUT2D eigenvalue weighted by atomic mass is 9.92. The highest BCUT2D eigenvalue weighted by atomic mass is 32.2. The third-order valence-corrected chi connectivity index (χ3v) is 4.87. The Labute approximate surface area is 96.9 Å². The summed E-state index contributed by atoms with van der Waals surface area (Å²) in [5.74, 6) is -1.03. The summed E-state index contributed by atoms with van der Waals surface area (Å²) >= 11 is 0. The second kappa shape index (κ2) is 2.86. The van der Waals surface area contributed by atoms with Gasteiger partial charge in [-0.1, -0.05) is 18.2 Å². The fraction of sp³-hybridized carbons (Fsp3) is 0.200. The Morgan fingerprint density at radius 3 is 2.53 bits per heavy atom. The molecule has 1 aromatic rings. The van der Waals surface area contributed by atoms with E-state index in [9.17, 15) is 18.0 Å². The zero-order valence-electron chi connectivity index (χ0n) is 8.56. The van der Waals surface area contributed by atoms with E-state index < -0.39 is 33.1 Å². The van der Waals surface area contributed by atoms with Crippen LogP contribution in [-0.4, -0.2) is 26.1 Å². The molecule has 1 atom stereocenters. The van der Waals surface area contributed by atoms with Gasteiger partial charge in [-0.25, -0.2) is 13.2 Å². The summed E-state index contributed by atoms with van der Waals surface area (Å²) in [5, 5.41) is 4.49. The number of hydrogen-bond acceptors (Lipinski definition) is 4. The first-order chi connectivity index (χ1) is 7.96.